The highest BCUT2D eigenvalue weighted by molar-refractivity contribution is 5.89. The lowest BCUT2D eigenvalue weighted by atomic mass is 10.1. The maximum atomic E-state index is 11.6. The second kappa shape index (κ2) is 7.47. The molecule has 3 rings (SSSR count). The Labute approximate surface area is 141 Å². The molecule has 0 aromatic heterocycles. The van der Waals surface area contributed by atoms with E-state index in [1.807, 2.05) is 36.4 Å². The summed E-state index contributed by atoms with van der Waals surface area (Å²) in [7, 11) is 1.39. The minimum absolute atomic E-state index is 0.316. The van der Waals surface area contributed by atoms with Gasteiger partial charge in [-0.15, -0.1) is 0 Å². The molecule has 0 bridgehead atoms. The SMILES string of the molecule is COC(=O)c1cccc(CNc2ccc(-c3ccccc3)cc2)c1. The Morgan fingerprint density at radius 2 is 1.58 bits per heavy atom. The zero-order valence-corrected chi connectivity index (χ0v) is 13.5. The van der Waals surface area contributed by atoms with E-state index in [2.05, 4.69) is 41.7 Å². The number of ether oxygens (including phenoxy) is 1. The standard InChI is InChI=1S/C21H19NO2/c1-24-21(23)19-9-5-6-16(14-19)15-22-20-12-10-18(11-13-20)17-7-3-2-4-8-17/h2-14,22H,15H2,1H3. The Kier molecular flexibility index (Phi) is 4.92. The van der Waals surface area contributed by atoms with E-state index >= 15 is 0 Å². The lowest BCUT2D eigenvalue weighted by molar-refractivity contribution is 0.0600. The molecule has 0 radical (unpaired) electrons. The van der Waals surface area contributed by atoms with Gasteiger partial charge in [-0.25, -0.2) is 4.79 Å². The van der Waals surface area contributed by atoms with Crippen LogP contribution in [0, 0.1) is 0 Å². The van der Waals surface area contributed by atoms with E-state index in [0.29, 0.717) is 12.1 Å². The van der Waals surface area contributed by atoms with Gasteiger partial charge in [0.05, 0.1) is 12.7 Å². The Balaban J connectivity index is 1.66. The molecule has 3 heteroatoms. The molecule has 1 N–H and O–H groups in total. The van der Waals surface area contributed by atoms with Crippen LogP contribution in [0.15, 0.2) is 78.9 Å². The van der Waals surface area contributed by atoms with Gasteiger partial charge in [0.25, 0.3) is 0 Å². The minimum atomic E-state index is -0.316. The van der Waals surface area contributed by atoms with E-state index < -0.39 is 0 Å². The van der Waals surface area contributed by atoms with Gasteiger partial charge in [-0.05, 0) is 41.0 Å². The third kappa shape index (κ3) is 3.82. The number of methoxy groups -OCH3 is 1. The fourth-order valence-electron chi connectivity index (χ4n) is 2.54. The summed E-state index contributed by atoms with van der Waals surface area (Å²) < 4.78 is 4.75. The zero-order chi connectivity index (χ0) is 16.8. The second-order valence-corrected chi connectivity index (χ2v) is 5.49. The van der Waals surface area contributed by atoms with Crippen LogP contribution in [0.4, 0.5) is 5.69 Å². The minimum Gasteiger partial charge on any atom is -0.465 e. The quantitative estimate of drug-likeness (QED) is 0.690. The number of anilines is 1. The molecule has 3 aromatic rings. The van der Waals surface area contributed by atoms with Crippen molar-refractivity contribution in [2.24, 2.45) is 0 Å². The zero-order valence-electron chi connectivity index (χ0n) is 13.5. The molecule has 0 aliphatic heterocycles. The molecule has 0 fully saturated rings. The summed E-state index contributed by atoms with van der Waals surface area (Å²) in [6, 6.07) is 26.1. The van der Waals surface area contributed by atoms with E-state index in [1.165, 1.54) is 18.2 Å². The highest BCUT2D eigenvalue weighted by Gasteiger charge is 2.05. The van der Waals surface area contributed by atoms with Crippen LogP contribution in [0.2, 0.25) is 0 Å². The summed E-state index contributed by atoms with van der Waals surface area (Å²) in [4.78, 5) is 11.6. The van der Waals surface area contributed by atoms with Gasteiger partial charge in [-0.2, -0.15) is 0 Å². The van der Waals surface area contributed by atoms with Crippen LogP contribution >= 0.6 is 0 Å². The maximum Gasteiger partial charge on any atom is 0.337 e. The molecule has 0 saturated heterocycles. The van der Waals surface area contributed by atoms with Crippen LogP contribution in [0.3, 0.4) is 0 Å². The van der Waals surface area contributed by atoms with Crippen molar-refractivity contribution < 1.29 is 9.53 Å². The first-order valence-electron chi connectivity index (χ1n) is 7.83. The van der Waals surface area contributed by atoms with Crippen molar-refractivity contribution in [3.63, 3.8) is 0 Å². The fourth-order valence-corrected chi connectivity index (χ4v) is 2.54. The summed E-state index contributed by atoms with van der Waals surface area (Å²) in [5.41, 5.74) is 5.03. The van der Waals surface area contributed by atoms with E-state index in [-0.39, 0.29) is 5.97 Å². The Morgan fingerprint density at radius 1 is 0.875 bits per heavy atom. The molecular weight excluding hydrogens is 298 g/mol. The number of benzene rings is 3. The lowest BCUT2D eigenvalue weighted by Crippen LogP contribution is -2.04. The van der Waals surface area contributed by atoms with Gasteiger partial charge in [-0.1, -0.05) is 54.6 Å². The third-order valence-electron chi connectivity index (χ3n) is 3.84. The van der Waals surface area contributed by atoms with Gasteiger partial charge in [-0.3, -0.25) is 0 Å². The predicted octanol–water partition coefficient (Wildman–Crippen LogP) is 4.75. The molecule has 3 aromatic carbocycles. The molecule has 3 nitrogen and oxygen atoms in total. The predicted molar refractivity (Wildman–Crippen MR) is 97.0 cm³/mol. The van der Waals surface area contributed by atoms with Crippen LogP contribution in [0.5, 0.6) is 0 Å². The Bertz CT molecular complexity index is 811. The number of nitrogens with one attached hydrogen (secondary N) is 1. The normalized spacial score (nSPS) is 10.2. The van der Waals surface area contributed by atoms with Crippen LogP contribution in [0.1, 0.15) is 15.9 Å². The van der Waals surface area contributed by atoms with Gasteiger partial charge in [0.2, 0.25) is 0 Å². The van der Waals surface area contributed by atoms with Crippen molar-refractivity contribution in [3.8, 4) is 11.1 Å². The van der Waals surface area contributed by atoms with Crippen LogP contribution in [-0.2, 0) is 11.3 Å². The van der Waals surface area contributed by atoms with Gasteiger partial charge in [0, 0.05) is 12.2 Å². The molecule has 0 saturated carbocycles. The average Bonchev–Trinajstić information content (AvgIpc) is 2.67. The number of esters is 1. The van der Waals surface area contributed by atoms with Crippen molar-refractivity contribution in [2.45, 2.75) is 6.54 Å². The number of rotatable bonds is 5. The molecule has 24 heavy (non-hydrogen) atoms. The van der Waals surface area contributed by atoms with Gasteiger partial charge >= 0.3 is 5.97 Å². The highest BCUT2D eigenvalue weighted by atomic mass is 16.5. The monoisotopic (exact) mass is 317 g/mol. The summed E-state index contributed by atoms with van der Waals surface area (Å²) in [6.45, 7) is 0.648. The smallest absolute Gasteiger partial charge is 0.337 e. The topological polar surface area (TPSA) is 38.3 Å². The van der Waals surface area contributed by atoms with E-state index in [4.69, 9.17) is 4.74 Å². The molecule has 0 unspecified atom stereocenters. The Morgan fingerprint density at radius 3 is 2.29 bits per heavy atom. The first-order chi connectivity index (χ1) is 11.8. The van der Waals surface area contributed by atoms with Crippen LogP contribution in [0.25, 0.3) is 11.1 Å². The maximum absolute atomic E-state index is 11.6. The molecule has 0 aliphatic carbocycles. The van der Waals surface area contributed by atoms with Crippen molar-refractivity contribution in [1.29, 1.82) is 0 Å². The first-order valence-corrected chi connectivity index (χ1v) is 7.83. The van der Waals surface area contributed by atoms with Crippen molar-refractivity contribution in [3.05, 3.63) is 90.0 Å². The Hall–Kier alpha value is -3.07. The molecule has 0 atom stereocenters. The average molecular weight is 317 g/mol. The van der Waals surface area contributed by atoms with Crippen molar-refractivity contribution in [1.82, 2.24) is 0 Å². The van der Waals surface area contributed by atoms with Crippen LogP contribution in [-0.4, -0.2) is 13.1 Å². The van der Waals surface area contributed by atoms with Gasteiger partial charge < -0.3 is 10.1 Å². The molecule has 0 spiro atoms. The molecule has 0 heterocycles. The molecule has 0 aliphatic rings. The van der Waals surface area contributed by atoms with Crippen molar-refractivity contribution >= 4 is 11.7 Å². The van der Waals surface area contributed by atoms with Gasteiger partial charge in [0.1, 0.15) is 0 Å². The van der Waals surface area contributed by atoms with E-state index in [9.17, 15) is 4.79 Å². The van der Waals surface area contributed by atoms with Gasteiger partial charge in [0.15, 0.2) is 0 Å². The van der Waals surface area contributed by atoms with Crippen LogP contribution < -0.4 is 5.32 Å². The highest BCUT2D eigenvalue weighted by Crippen LogP contribution is 2.21. The fraction of sp³-hybridized carbons (Fsp3) is 0.0952. The summed E-state index contributed by atoms with van der Waals surface area (Å²) in [6.07, 6.45) is 0. The van der Waals surface area contributed by atoms with E-state index in [1.54, 1.807) is 6.07 Å². The largest absolute Gasteiger partial charge is 0.465 e. The number of hydrogen-bond acceptors (Lipinski definition) is 3. The lowest BCUT2D eigenvalue weighted by Gasteiger charge is -2.09. The summed E-state index contributed by atoms with van der Waals surface area (Å²) in [5.74, 6) is -0.316. The van der Waals surface area contributed by atoms with Crippen molar-refractivity contribution in [2.75, 3.05) is 12.4 Å². The number of carbonyl (C=O) groups excluding carboxylic acids is 1. The second-order valence-electron chi connectivity index (χ2n) is 5.49. The first kappa shape index (κ1) is 15.8. The summed E-state index contributed by atoms with van der Waals surface area (Å²) >= 11 is 0. The molecule has 0 amide bonds. The van der Waals surface area contributed by atoms with E-state index in [0.717, 1.165) is 11.3 Å². The number of carbonyl (C=O) groups is 1. The molecular formula is C21H19NO2. The third-order valence-corrected chi connectivity index (χ3v) is 3.84. The number of hydrogen-bond donors (Lipinski definition) is 1. The molecule has 120 valence electrons. The summed E-state index contributed by atoms with van der Waals surface area (Å²) in [5, 5.41) is 3.37.